The highest BCUT2D eigenvalue weighted by Crippen LogP contribution is 2.30. The quantitative estimate of drug-likeness (QED) is 0.378. The highest BCUT2D eigenvalue weighted by molar-refractivity contribution is 5.83. The second-order valence-corrected chi connectivity index (χ2v) is 7.93. The van der Waals surface area contributed by atoms with Crippen molar-refractivity contribution in [3.63, 3.8) is 0 Å². The maximum absolute atomic E-state index is 8.72. The van der Waals surface area contributed by atoms with Crippen LogP contribution in [0.25, 0.3) is 21.6 Å². The molecule has 0 bridgehead atoms. The van der Waals surface area contributed by atoms with Crippen LogP contribution in [0.1, 0.15) is 44.4 Å². The summed E-state index contributed by atoms with van der Waals surface area (Å²) in [6.07, 6.45) is 0.776. The number of aromatic nitrogens is 7. The van der Waals surface area contributed by atoms with Crippen molar-refractivity contribution in [3.05, 3.63) is 27.7 Å². The Kier molecular flexibility index (Phi) is 4.34. The molecular formula is C16H21N11O. The number of azide groups is 1. The smallest absolute Gasteiger partial charge is 0.184 e. The van der Waals surface area contributed by atoms with Crippen LogP contribution >= 0.6 is 0 Å². The summed E-state index contributed by atoms with van der Waals surface area (Å²) in [5, 5.41) is 20.2. The first-order valence-corrected chi connectivity index (χ1v) is 9.05. The SMILES string of the molecule is Cc1nonc1Cn1nnc2c(N3CCC(N=[N+]=[N-])C3)nc(C(C)(C)C)nc21. The molecule has 3 aromatic rings. The summed E-state index contributed by atoms with van der Waals surface area (Å²) < 4.78 is 6.47. The molecule has 1 aliphatic rings. The summed E-state index contributed by atoms with van der Waals surface area (Å²) in [6, 6.07) is -0.0769. The van der Waals surface area contributed by atoms with Crippen LogP contribution < -0.4 is 4.90 Å². The van der Waals surface area contributed by atoms with Crippen molar-refractivity contribution in [1.29, 1.82) is 0 Å². The summed E-state index contributed by atoms with van der Waals surface area (Å²) >= 11 is 0. The molecule has 0 aromatic carbocycles. The van der Waals surface area contributed by atoms with E-state index >= 15 is 0 Å². The van der Waals surface area contributed by atoms with Gasteiger partial charge >= 0.3 is 0 Å². The summed E-state index contributed by atoms with van der Waals surface area (Å²) in [5.74, 6) is 1.41. The third-order valence-corrected chi connectivity index (χ3v) is 4.74. The number of hydrogen-bond acceptors (Lipinski definition) is 9. The number of aryl methyl sites for hydroxylation is 1. The second kappa shape index (κ2) is 6.71. The Labute approximate surface area is 160 Å². The minimum absolute atomic E-state index is 0.0769. The molecule has 3 aromatic heterocycles. The Bertz CT molecular complexity index is 1060. The molecule has 1 unspecified atom stereocenters. The predicted molar refractivity (Wildman–Crippen MR) is 99.7 cm³/mol. The van der Waals surface area contributed by atoms with E-state index in [4.69, 9.17) is 20.1 Å². The number of anilines is 1. The fraction of sp³-hybridized carbons (Fsp3) is 0.625. The molecule has 1 aliphatic heterocycles. The van der Waals surface area contributed by atoms with Crippen molar-refractivity contribution in [1.82, 2.24) is 35.3 Å². The van der Waals surface area contributed by atoms with Crippen molar-refractivity contribution < 1.29 is 4.63 Å². The van der Waals surface area contributed by atoms with E-state index in [1.54, 1.807) is 4.68 Å². The van der Waals surface area contributed by atoms with Crippen LogP contribution in [0.2, 0.25) is 0 Å². The van der Waals surface area contributed by atoms with Crippen LogP contribution in [0.4, 0.5) is 5.82 Å². The Hall–Kier alpha value is -3.27. The van der Waals surface area contributed by atoms with Crippen molar-refractivity contribution in [3.8, 4) is 0 Å². The van der Waals surface area contributed by atoms with E-state index in [1.165, 1.54) is 0 Å². The highest BCUT2D eigenvalue weighted by Gasteiger charge is 2.29. The van der Waals surface area contributed by atoms with Crippen molar-refractivity contribution in [2.45, 2.75) is 52.1 Å². The summed E-state index contributed by atoms with van der Waals surface area (Å²) in [4.78, 5) is 14.6. The Morgan fingerprint density at radius 1 is 1.29 bits per heavy atom. The fourth-order valence-corrected chi connectivity index (χ4v) is 3.14. The van der Waals surface area contributed by atoms with Gasteiger partial charge in [0.2, 0.25) is 0 Å². The number of nitrogens with zero attached hydrogens (tertiary/aromatic N) is 11. The first-order chi connectivity index (χ1) is 13.4. The van der Waals surface area contributed by atoms with Crippen molar-refractivity contribution in [2.75, 3.05) is 18.0 Å². The Morgan fingerprint density at radius 3 is 2.79 bits per heavy atom. The summed E-state index contributed by atoms with van der Waals surface area (Å²) in [6.45, 7) is 9.69. The van der Waals surface area contributed by atoms with Gasteiger partial charge in [0, 0.05) is 23.4 Å². The molecule has 0 aliphatic carbocycles. The van der Waals surface area contributed by atoms with Gasteiger partial charge < -0.3 is 4.90 Å². The lowest BCUT2D eigenvalue weighted by molar-refractivity contribution is 0.300. The van der Waals surface area contributed by atoms with Crippen LogP contribution in [0, 0.1) is 6.92 Å². The molecule has 12 heteroatoms. The molecule has 1 atom stereocenters. The largest absolute Gasteiger partial charge is 0.354 e. The monoisotopic (exact) mass is 383 g/mol. The fourth-order valence-electron chi connectivity index (χ4n) is 3.14. The predicted octanol–water partition coefficient (Wildman–Crippen LogP) is 2.15. The zero-order valence-corrected chi connectivity index (χ0v) is 16.2. The van der Waals surface area contributed by atoms with Gasteiger partial charge in [0.05, 0.1) is 12.6 Å². The molecule has 0 saturated carbocycles. The minimum Gasteiger partial charge on any atom is -0.354 e. The average molecular weight is 383 g/mol. The van der Waals surface area contributed by atoms with Gasteiger partial charge in [0.1, 0.15) is 17.2 Å². The molecule has 0 spiro atoms. The van der Waals surface area contributed by atoms with Crippen LogP contribution in [-0.2, 0) is 12.0 Å². The highest BCUT2D eigenvalue weighted by atomic mass is 16.6. The maximum atomic E-state index is 8.72. The topological polar surface area (TPSA) is 147 Å². The zero-order chi connectivity index (χ0) is 19.9. The Balaban J connectivity index is 1.80. The first-order valence-electron chi connectivity index (χ1n) is 9.05. The molecule has 4 rings (SSSR count). The molecule has 0 amide bonds. The van der Waals surface area contributed by atoms with E-state index < -0.39 is 0 Å². The third-order valence-electron chi connectivity index (χ3n) is 4.74. The van der Waals surface area contributed by atoms with Crippen LogP contribution in [0.15, 0.2) is 9.74 Å². The second-order valence-electron chi connectivity index (χ2n) is 7.93. The molecule has 0 radical (unpaired) electrons. The van der Waals surface area contributed by atoms with E-state index in [-0.39, 0.29) is 11.5 Å². The lowest BCUT2D eigenvalue weighted by atomic mass is 9.96. The molecular weight excluding hydrogens is 362 g/mol. The van der Waals surface area contributed by atoms with Crippen LogP contribution in [0.3, 0.4) is 0 Å². The van der Waals surface area contributed by atoms with Gasteiger partial charge in [-0.15, -0.1) is 5.10 Å². The van der Waals surface area contributed by atoms with Gasteiger partial charge in [-0.05, 0) is 18.9 Å². The van der Waals surface area contributed by atoms with E-state index in [2.05, 4.69) is 56.3 Å². The normalized spacial score (nSPS) is 17.3. The molecule has 4 heterocycles. The minimum atomic E-state index is -0.257. The number of fused-ring (bicyclic) bond motifs is 1. The standard InChI is InChI=1S/C16H21N11O/c1-9-11(23-28-22-9)8-27-14-12(21-25-27)13(18-15(19-14)16(2,3)4)26-6-5-10(7-26)20-24-17/h10H,5-8H2,1-4H3. The zero-order valence-electron chi connectivity index (χ0n) is 16.2. The average Bonchev–Trinajstić information content (AvgIpc) is 3.36. The number of hydrogen-bond donors (Lipinski definition) is 0. The van der Waals surface area contributed by atoms with E-state index in [1.807, 2.05) is 6.92 Å². The molecule has 28 heavy (non-hydrogen) atoms. The van der Waals surface area contributed by atoms with Gasteiger partial charge in [0.15, 0.2) is 17.0 Å². The van der Waals surface area contributed by atoms with E-state index in [9.17, 15) is 0 Å². The molecule has 1 saturated heterocycles. The van der Waals surface area contributed by atoms with Gasteiger partial charge in [-0.1, -0.05) is 41.4 Å². The molecule has 12 nitrogen and oxygen atoms in total. The van der Waals surface area contributed by atoms with Gasteiger partial charge in [-0.25, -0.2) is 19.3 Å². The van der Waals surface area contributed by atoms with Crippen molar-refractivity contribution in [2.24, 2.45) is 5.11 Å². The summed E-state index contributed by atoms with van der Waals surface area (Å²) in [5.41, 5.74) is 11.1. The van der Waals surface area contributed by atoms with Gasteiger partial charge in [0.25, 0.3) is 0 Å². The Morgan fingerprint density at radius 2 is 2.11 bits per heavy atom. The third kappa shape index (κ3) is 3.22. The van der Waals surface area contributed by atoms with Gasteiger partial charge in [-0.2, -0.15) is 0 Å². The van der Waals surface area contributed by atoms with Gasteiger partial charge in [-0.3, -0.25) is 0 Å². The lowest BCUT2D eigenvalue weighted by Crippen LogP contribution is -2.25. The molecule has 146 valence electrons. The number of rotatable bonds is 4. The van der Waals surface area contributed by atoms with E-state index in [0.29, 0.717) is 47.3 Å². The maximum Gasteiger partial charge on any atom is 0.184 e. The van der Waals surface area contributed by atoms with Crippen molar-refractivity contribution >= 4 is 17.0 Å². The first kappa shape index (κ1) is 18.1. The molecule has 0 N–H and O–H groups in total. The van der Waals surface area contributed by atoms with E-state index in [0.717, 1.165) is 13.0 Å². The lowest BCUT2D eigenvalue weighted by Gasteiger charge is -2.22. The summed E-state index contributed by atoms with van der Waals surface area (Å²) in [7, 11) is 0. The van der Waals surface area contributed by atoms with Crippen LogP contribution in [0.5, 0.6) is 0 Å². The van der Waals surface area contributed by atoms with Crippen LogP contribution in [-0.4, -0.2) is 54.4 Å². The molecule has 1 fully saturated rings.